The van der Waals surface area contributed by atoms with Crippen molar-refractivity contribution in [2.45, 2.75) is 38.7 Å². The minimum absolute atomic E-state index is 0. The summed E-state index contributed by atoms with van der Waals surface area (Å²) >= 11 is 0. The van der Waals surface area contributed by atoms with E-state index >= 15 is 0 Å². The number of fused-ring (bicyclic) bond motifs is 6. The second-order valence-electron chi connectivity index (χ2n) is 9.71. The molecule has 0 amide bonds. The summed E-state index contributed by atoms with van der Waals surface area (Å²) in [6.45, 7) is 4.21. The van der Waals surface area contributed by atoms with Crippen LogP contribution in [-0.4, -0.2) is 40.8 Å². The van der Waals surface area contributed by atoms with Crippen LogP contribution in [0.15, 0.2) is 42.5 Å². The Kier molecular flexibility index (Phi) is 7.73. The lowest BCUT2D eigenvalue weighted by Gasteiger charge is -2.28. The van der Waals surface area contributed by atoms with Gasteiger partial charge in [0.15, 0.2) is 11.5 Å². The zero-order valence-corrected chi connectivity index (χ0v) is 21.5. The molecule has 0 spiro atoms. The Bertz CT molecular complexity index is 1390. The van der Waals surface area contributed by atoms with Crippen molar-refractivity contribution in [3.8, 4) is 11.5 Å². The van der Waals surface area contributed by atoms with Crippen LogP contribution >= 0.6 is 12.4 Å². The van der Waals surface area contributed by atoms with Gasteiger partial charge in [0.2, 0.25) is 0 Å². The van der Waals surface area contributed by atoms with Crippen LogP contribution in [0.1, 0.15) is 29.8 Å². The molecular formula is C28H33ClFN3O3. The second kappa shape index (κ2) is 10.6. The van der Waals surface area contributed by atoms with Gasteiger partial charge in [0.05, 0.1) is 5.52 Å². The third kappa shape index (κ3) is 4.75. The van der Waals surface area contributed by atoms with Crippen molar-refractivity contribution in [2.75, 3.05) is 19.7 Å². The van der Waals surface area contributed by atoms with Gasteiger partial charge in [-0.05, 0) is 93.1 Å². The summed E-state index contributed by atoms with van der Waals surface area (Å²) in [7, 11) is 2.10. The van der Waals surface area contributed by atoms with E-state index in [9.17, 15) is 4.39 Å². The van der Waals surface area contributed by atoms with E-state index in [1.54, 1.807) is 12.1 Å². The average Bonchev–Trinajstić information content (AvgIpc) is 3.12. The summed E-state index contributed by atoms with van der Waals surface area (Å²) < 4.78 is 28.4. The Morgan fingerprint density at radius 3 is 2.86 bits per heavy atom. The Balaban J connectivity index is 0.00000152. The van der Waals surface area contributed by atoms with E-state index < -0.39 is 0 Å². The largest absolute Gasteiger partial charge is 0.486 e. The van der Waals surface area contributed by atoms with Crippen LogP contribution in [0.3, 0.4) is 0 Å². The van der Waals surface area contributed by atoms with Crippen molar-refractivity contribution in [3.05, 3.63) is 65.2 Å². The fraction of sp³-hybridized carbons (Fsp3) is 0.393. The van der Waals surface area contributed by atoms with Crippen molar-refractivity contribution >= 4 is 34.2 Å². The number of aryl methyl sites for hydroxylation is 2. The van der Waals surface area contributed by atoms with Gasteiger partial charge in [0.25, 0.3) is 0 Å². The number of hydrogen-bond acceptors (Lipinski definition) is 4. The third-order valence-electron chi connectivity index (χ3n) is 7.42. The van der Waals surface area contributed by atoms with Crippen LogP contribution in [-0.2, 0) is 19.9 Å². The van der Waals surface area contributed by atoms with Crippen molar-refractivity contribution in [2.24, 2.45) is 13.0 Å². The summed E-state index contributed by atoms with van der Waals surface area (Å²) in [5, 5.41) is 5.66. The van der Waals surface area contributed by atoms with Crippen LogP contribution in [0, 0.1) is 18.7 Å². The van der Waals surface area contributed by atoms with Gasteiger partial charge in [-0.1, -0.05) is 0 Å². The average molecular weight is 514 g/mol. The molecule has 2 aromatic carbocycles. The highest BCUT2D eigenvalue weighted by molar-refractivity contribution is 5.88. The quantitative estimate of drug-likeness (QED) is 0.392. The van der Waals surface area contributed by atoms with Gasteiger partial charge >= 0.3 is 0 Å². The number of rotatable bonds is 5. The molecule has 1 aliphatic carbocycles. The fourth-order valence-electron chi connectivity index (χ4n) is 5.62. The van der Waals surface area contributed by atoms with Crippen LogP contribution in [0.25, 0.3) is 21.8 Å². The number of hydrogen-bond donors (Lipinski definition) is 1. The molecule has 0 radical (unpaired) electrons. The number of pyridine rings is 1. The van der Waals surface area contributed by atoms with Crippen LogP contribution in [0.5, 0.6) is 11.5 Å². The van der Waals surface area contributed by atoms with Gasteiger partial charge in [-0.25, -0.2) is 4.39 Å². The van der Waals surface area contributed by atoms with Crippen molar-refractivity contribution in [3.63, 3.8) is 0 Å². The zero-order valence-electron chi connectivity index (χ0n) is 20.6. The third-order valence-corrected chi connectivity index (χ3v) is 7.42. The second-order valence-corrected chi connectivity index (χ2v) is 9.71. The molecule has 0 unspecified atom stereocenters. The topological polar surface area (TPSA) is 79.8 Å². The van der Waals surface area contributed by atoms with Crippen molar-refractivity contribution < 1.29 is 19.3 Å². The molecule has 192 valence electrons. The highest BCUT2D eigenvalue weighted by atomic mass is 35.5. The van der Waals surface area contributed by atoms with E-state index in [4.69, 9.17) is 9.47 Å². The lowest BCUT2D eigenvalue weighted by molar-refractivity contribution is 0.0922. The Labute approximate surface area is 216 Å². The first-order valence-electron chi connectivity index (χ1n) is 12.2. The zero-order chi connectivity index (χ0) is 23.2. The predicted molar refractivity (Wildman–Crippen MR) is 143 cm³/mol. The van der Waals surface area contributed by atoms with Crippen LogP contribution < -0.4 is 14.8 Å². The molecule has 0 saturated heterocycles. The molecule has 6 nitrogen and oxygen atoms in total. The van der Waals surface area contributed by atoms with Crippen LogP contribution in [0.4, 0.5) is 4.39 Å². The molecule has 0 saturated carbocycles. The van der Waals surface area contributed by atoms with E-state index in [0.29, 0.717) is 12.5 Å². The normalized spacial score (nSPS) is 18.4. The first-order chi connectivity index (χ1) is 16.6. The molecule has 2 atom stereocenters. The monoisotopic (exact) mass is 513 g/mol. The molecule has 3 N–H and O–H groups in total. The van der Waals surface area contributed by atoms with Crippen molar-refractivity contribution in [1.82, 2.24) is 14.9 Å². The van der Waals surface area contributed by atoms with Gasteiger partial charge in [-0.3, -0.25) is 4.98 Å². The maximum absolute atomic E-state index is 13.9. The highest BCUT2D eigenvalue weighted by Gasteiger charge is 2.26. The molecular weight excluding hydrogens is 481 g/mol. The number of benzene rings is 2. The van der Waals surface area contributed by atoms with E-state index in [1.165, 1.54) is 17.7 Å². The molecule has 4 aromatic rings. The number of halogens is 2. The highest BCUT2D eigenvalue weighted by Crippen LogP contribution is 2.38. The maximum atomic E-state index is 13.9. The predicted octanol–water partition coefficient (Wildman–Crippen LogP) is 4.70. The van der Waals surface area contributed by atoms with E-state index in [1.807, 2.05) is 31.2 Å². The van der Waals surface area contributed by atoms with Gasteiger partial charge in [-0.2, -0.15) is 0 Å². The minimum atomic E-state index is -0.153. The van der Waals surface area contributed by atoms with Crippen molar-refractivity contribution in [1.29, 1.82) is 0 Å². The standard InChI is InChI=1S/C28H30FN3O2.ClH.H2O/c1-17-3-6-21-24(31-17)7-10-27-28(21)34-20(16-33-27)15-30-12-11-18-4-8-25-22(13-18)23-14-19(29)5-9-26(23)32(25)2;;/h3,5-7,9-10,14,18,20,30H,4,8,11-13,15-16H2,1-2H3;1H;1H2/t18-,20+;;/m1../s1. The number of aromatic nitrogens is 2. The summed E-state index contributed by atoms with van der Waals surface area (Å²) in [4.78, 5) is 4.60. The van der Waals surface area contributed by atoms with Crippen LogP contribution in [0.2, 0.25) is 0 Å². The molecule has 6 rings (SSSR count). The lowest BCUT2D eigenvalue weighted by atomic mass is 9.84. The van der Waals surface area contributed by atoms with E-state index in [-0.39, 0.29) is 29.8 Å². The number of nitrogens with zero attached hydrogens (tertiary/aromatic N) is 2. The smallest absolute Gasteiger partial charge is 0.171 e. The number of nitrogens with one attached hydrogen (secondary N) is 1. The molecule has 8 heteroatoms. The SMILES string of the molecule is Cc1ccc2c3c(ccc2n1)OC[C@H](CNCC[C@H]1CCc2c(c4cc(F)ccc4n2C)C1)O3.Cl.O. The van der Waals surface area contributed by atoms with Gasteiger partial charge in [0.1, 0.15) is 18.5 Å². The fourth-order valence-corrected chi connectivity index (χ4v) is 5.62. The maximum Gasteiger partial charge on any atom is 0.171 e. The molecule has 0 bridgehead atoms. The molecule has 1 aliphatic heterocycles. The molecule has 0 fully saturated rings. The Hall–Kier alpha value is -2.87. The molecule has 36 heavy (non-hydrogen) atoms. The summed E-state index contributed by atoms with van der Waals surface area (Å²) in [5.74, 6) is 2.04. The van der Waals surface area contributed by atoms with E-state index in [2.05, 4.69) is 28.0 Å². The molecule has 2 aromatic heterocycles. The van der Waals surface area contributed by atoms with Gasteiger partial charge in [-0.15, -0.1) is 12.4 Å². The lowest BCUT2D eigenvalue weighted by Crippen LogP contribution is -2.39. The first kappa shape index (κ1) is 26.2. The summed E-state index contributed by atoms with van der Waals surface area (Å²) in [6.07, 6.45) is 4.33. The van der Waals surface area contributed by atoms with E-state index in [0.717, 1.165) is 71.4 Å². The molecule has 2 aliphatic rings. The molecule has 3 heterocycles. The van der Waals surface area contributed by atoms with Gasteiger partial charge in [0, 0.05) is 41.3 Å². The summed E-state index contributed by atoms with van der Waals surface area (Å²) in [5.41, 5.74) is 5.77. The number of ether oxygens (including phenoxy) is 2. The summed E-state index contributed by atoms with van der Waals surface area (Å²) in [6, 6.07) is 13.2. The van der Waals surface area contributed by atoms with Gasteiger partial charge < -0.3 is 24.8 Å². The Morgan fingerprint density at radius 2 is 2.00 bits per heavy atom. The first-order valence-corrected chi connectivity index (χ1v) is 12.2. The minimum Gasteiger partial charge on any atom is -0.486 e. The Morgan fingerprint density at radius 1 is 1.14 bits per heavy atom.